The highest BCUT2D eigenvalue weighted by atomic mass is 16.4. The topological polar surface area (TPSA) is 55.8 Å². The molecule has 2 unspecified atom stereocenters. The summed E-state index contributed by atoms with van der Waals surface area (Å²) in [7, 11) is 4.15. The van der Waals surface area contributed by atoms with Crippen LogP contribution in [0.25, 0.3) is 0 Å². The molecule has 1 saturated carbocycles. The predicted molar refractivity (Wildman–Crippen MR) is 86.7 cm³/mol. The molecule has 2 N–H and O–H groups in total. The molecule has 0 spiro atoms. The molecule has 2 atom stereocenters. The minimum atomic E-state index is -0.815. The van der Waals surface area contributed by atoms with Crippen molar-refractivity contribution >= 4 is 5.97 Å². The second-order valence-electron chi connectivity index (χ2n) is 6.95. The third-order valence-electron chi connectivity index (χ3n) is 4.24. The van der Waals surface area contributed by atoms with Crippen LogP contribution >= 0.6 is 0 Å². The summed E-state index contributed by atoms with van der Waals surface area (Å²) in [6.07, 6.45) is 3.96. The zero-order valence-electron chi connectivity index (χ0n) is 14.4. The molecule has 1 rings (SSSR count). The quantitative estimate of drug-likeness (QED) is 0.607. The number of nitrogens with one attached hydrogen (secondary N) is 1. The van der Waals surface area contributed by atoms with Crippen LogP contribution in [-0.4, -0.2) is 72.2 Å². The fourth-order valence-electron chi connectivity index (χ4n) is 2.77. The summed E-state index contributed by atoms with van der Waals surface area (Å²) < 4.78 is 0. The van der Waals surface area contributed by atoms with Crippen LogP contribution in [0.15, 0.2) is 0 Å². The van der Waals surface area contributed by atoms with Gasteiger partial charge in [-0.15, -0.1) is 0 Å². The standard InChI is InChI=1S/C16H33N3O2/c1-6-9-19(11-10-18(4)5)13(2)12-16(3,15(20)21)17-14-7-8-14/h13-14,17H,6-12H2,1-5H3,(H,20,21). The van der Waals surface area contributed by atoms with Crippen LogP contribution in [0.3, 0.4) is 0 Å². The number of nitrogens with zero attached hydrogens (tertiary/aromatic N) is 2. The maximum absolute atomic E-state index is 11.7. The van der Waals surface area contributed by atoms with Crippen molar-refractivity contribution in [3.63, 3.8) is 0 Å². The van der Waals surface area contributed by atoms with Crippen LogP contribution in [-0.2, 0) is 4.79 Å². The highest BCUT2D eigenvalue weighted by molar-refractivity contribution is 5.78. The maximum atomic E-state index is 11.7. The molecule has 1 aliphatic rings. The van der Waals surface area contributed by atoms with Gasteiger partial charge in [0.1, 0.15) is 5.54 Å². The van der Waals surface area contributed by atoms with Crippen LogP contribution < -0.4 is 5.32 Å². The van der Waals surface area contributed by atoms with E-state index in [1.807, 2.05) is 6.92 Å². The van der Waals surface area contributed by atoms with E-state index in [1.54, 1.807) is 0 Å². The molecule has 5 heteroatoms. The lowest BCUT2D eigenvalue weighted by molar-refractivity contribution is -0.145. The molecule has 21 heavy (non-hydrogen) atoms. The number of rotatable bonds is 11. The van der Waals surface area contributed by atoms with Crippen molar-refractivity contribution in [1.29, 1.82) is 0 Å². The fraction of sp³-hybridized carbons (Fsp3) is 0.938. The van der Waals surface area contributed by atoms with Crippen LogP contribution in [0, 0.1) is 0 Å². The molecule has 0 saturated heterocycles. The molecule has 0 amide bonds. The van der Waals surface area contributed by atoms with Crippen LogP contribution in [0.2, 0.25) is 0 Å². The molecule has 0 aromatic rings. The molecule has 1 fully saturated rings. The number of carboxylic acid groups (broad SMARTS) is 1. The van der Waals surface area contributed by atoms with Crippen molar-refractivity contribution in [3.8, 4) is 0 Å². The third-order valence-corrected chi connectivity index (χ3v) is 4.24. The van der Waals surface area contributed by atoms with Gasteiger partial charge in [0.15, 0.2) is 0 Å². The Morgan fingerprint density at radius 2 is 1.95 bits per heavy atom. The minimum Gasteiger partial charge on any atom is -0.480 e. The first-order valence-corrected chi connectivity index (χ1v) is 8.18. The van der Waals surface area contributed by atoms with Gasteiger partial charge in [-0.25, -0.2) is 0 Å². The Morgan fingerprint density at radius 1 is 1.33 bits per heavy atom. The van der Waals surface area contributed by atoms with Crippen molar-refractivity contribution in [3.05, 3.63) is 0 Å². The molecule has 0 heterocycles. The van der Waals surface area contributed by atoms with Crippen molar-refractivity contribution < 1.29 is 9.90 Å². The van der Waals surface area contributed by atoms with Gasteiger partial charge in [0.25, 0.3) is 0 Å². The van der Waals surface area contributed by atoms with E-state index in [-0.39, 0.29) is 6.04 Å². The van der Waals surface area contributed by atoms with Crippen molar-refractivity contribution in [2.45, 2.75) is 64.1 Å². The normalized spacial score (nSPS) is 19.8. The molecule has 0 radical (unpaired) electrons. The van der Waals surface area contributed by atoms with E-state index in [0.717, 1.165) is 38.9 Å². The molecule has 0 aromatic carbocycles. The maximum Gasteiger partial charge on any atom is 0.323 e. The third kappa shape index (κ3) is 6.32. The van der Waals surface area contributed by atoms with E-state index in [1.165, 1.54) is 0 Å². The van der Waals surface area contributed by atoms with Gasteiger partial charge in [0, 0.05) is 25.2 Å². The van der Waals surface area contributed by atoms with E-state index in [0.29, 0.717) is 12.5 Å². The number of hydrogen-bond donors (Lipinski definition) is 2. The SMILES string of the molecule is CCCN(CCN(C)C)C(C)CC(C)(NC1CC1)C(=O)O. The van der Waals surface area contributed by atoms with Gasteiger partial charge in [0.05, 0.1) is 0 Å². The van der Waals surface area contributed by atoms with Crippen molar-refractivity contribution in [1.82, 2.24) is 15.1 Å². The Balaban J connectivity index is 2.62. The number of carbonyl (C=O) groups is 1. The first kappa shape index (κ1) is 18.4. The molecular formula is C16H33N3O2. The zero-order chi connectivity index (χ0) is 16.0. The average Bonchev–Trinajstić information content (AvgIpc) is 3.17. The van der Waals surface area contributed by atoms with E-state index >= 15 is 0 Å². The van der Waals surface area contributed by atoms with E-state index in [4.69, 9.17) is 0 Å². The van der Waals surface area contributed by atoms with Crippen LogP contribution in [0.1, 0.15) is 46.5 Å². The zero-order valence-corrected chi connectivity index (χ0v) is 14.4. The summed E-state index contributed by atoms with van der Waals surface area (Å²) in [5, 5.41) is 12.9. The summed E-state index contributed by atoms with van der Waals surface area (Å²) >= 11 is 0. The van der Waals surface area contributed by atoms with Gasteiger partial charge < -0.3 is 10.0 Å². The summed E-state index contributed by atoms with van der Waals surface area (Å²) in [4.78, 5) is 16.3. The van der Waals surface area contributed by atoms with Gasteiger partial charge >= 0.3 is 5.97 Å². The van der Waals surface area contributed by atoms with E-state index in [2.05, 4.69) is 43.1 Å². The lowest BCUT2D eigenvalue weighted by Gasteiger charge is -2.36. The number of hydrogen-bond acceptors (Lipinski definition) is 4. The first-order chi connectivity index (χ1) is 9.78. The summed E-state index contributed by atoms with van der Waals surface area (Å²) in [5.74, 6) is -0.731. The van der Waals surface area contributed by atoms with E-state index < -0.39 is 11.5 Å². The second-order valence-corrected chi connectivity index (χ2v) is 6.95. The number of likely N-dealkylation sites (N-methyl/N-ethyl adjacent to an activating group) is 1. The van der Waals surface area contributed by atoms with Crippen molar-refractivity contribution in [2.24, 2.45) is 0 Å². The van der Waals surface area contributed by atoms with Gasteiger partial charge in [-0.3, -0.25) is 15.0 Å². The first-order valence-electron chi connectivity index (χ1n) is 8.18. The monoisotopic (exact) mass is 299 g/mol. The molecular weight excluding hydrogens is 266 g/mol. The molecule has 5 nitrogen and oxygen atoms in total. The fourth-order valence-corrected chi connectivity index (χ4v) is 2.77. The Kier molecular flexibility index (Phi) is 7.10. The van der Waals surface area contributed by atoms with Crippen molar-refractivity contribution in [2.75, 3.05) is 33.7 Å². The number of aliphatic carboxylic acids is 1. The Morgan fingerprint density at radius 3 is 2.38 bits per heavy atom. The summed E-state index contributed by atoms with van der Waals surface area (Å²) in [6.45, 7) is 9.18. The van der Waals surface area contributed by atoms with Crippen LogP contribution in [0.4, 0.5) is 0 Å². The smallest absolute Gasteiger partial charge is 0.323 e. The van der Waals surface area contributed by atoms with Gasteiger partial charge in [-0.1, -0.05) is 6.92 Å². The van der Waals surface area contributed by atoms with Crippen LogP contribution in [0.5, 0.6) is 0 Å². The second kappa shape index (κ2) is 8.11. The summed E-state index contributed by atoms with van der Waals surface area (Å²) in [6, 6.07) is 0.664. The predicted octanol–water partition coefficient (Wildman–Crippen LogP) is 1.63. The number of carboxylic acids is 1. The Bertz CT molecular complexity index is 331. The lowest BCUT2D eigenvalue weighted by Crippen LogP contribution is -2.54. The Labute approximate surface area is 129 Å². The minimum absolute atomic E-state index is 0.261. The van der Waals surface area contributed by atoms with Gasteiger partial charge in [-0.2, -0.15) is 0 Å². The highest BCUT2D eigenvalue weighted by Gasteiger charge is 2.40. The van der Waals surface area contributed by atoms with E-state index in [9.17, 15) is 9.90 Å². The average molecular weight is 299 g/mol. The molecule has 0 aromatic heterocycles. The van der Waals surface area contributed by atoms with Gasteiger partial charge in [-0.05, 0) is 60.2 Å². The Hall–Kier alpha value is -0.650. The largest absolute Gasteiger partial charge is 0.480 e. The molecule has 1 aliphatic carbocycles. The molecule has 124 valence electrons. The van der Waals surface area contributed by atoms with Gasteiger partial charge in [0.2, 0.25) is 0 Å². The molecule has 0 aliphatic heterocycles. The summed E-state index contributed by atoms with van der Waals surface area (Å²) in [5.41, 5.74) is -0.815. The lowest BCUT2D eigenvalue weighted by atomic mass is 9.92. The molecule has 0 bridgehead atoms. The highest BCUT2D eigenvalue weighted by Crippen LogP contribution is 2.26.